The van der Waals surface area contributed by atoms with Gasteiger partial charge in [-0.05, 0) is 31.5 Å². The molecule has 1 aromatic heterocycles. The summed E-state index contributed by atoms with van der Waals surface area (Å²) < 4.78 is 14.8. The molecule has 0 fully saturated rings. The van der Waals surface area contributed by atoms with E-state index >= 15 is 0 Å². The van der Waals surface area contributed by atoms with Gasteiger partial charge in [0.25, 0.3) is 0 Å². The van der Waals surface area contributed by atoms with E-state index in [1.807, 2.05) is 44.2 Å². The number of nitrogens with two attached hydrogens (primary N) is 1. The van der Waals surface area contributed by atoms with Gasteiger partial charge in [-0.25, -0.2) is 9.07 Å². The van der Waals surface area contributed by atoms with Crippen molar-refractivity contribution in [2.45, 2.75) is 24.3 Å². The van der Waals surface area contributed by atoms with E-state index in [1.165, 1.54) is 28.6 Å². The first-order chi connectivity index (χ1) is 13.5. The Morgan fingerprint density at radius 1 is 1.14 bits per heavy atom. The largest absolute Gasteiger partial charge is 0.342 e. The second kappa shape index (κ2) is 8.88. The molecule has 1 heterocycles. The SMILES string of the molecule is CCN(CC)C(=O)[C@@H](Sc1nnc(-c2cccc(F)c2)n1N)c1ccccc1. The molecule has 1 atom stereocenters. The van der Waals surface area contributed by atoms with Crippen molar-refractivity contribution in [2.24, 2.45) is 0 Å². The summed E-state index contributed by atoms with van der Waals surface area (Å²) in [6.07, 6.45) is 0. The van der Waals surface area contributed by atoms with Gasteiger partial charge in [-0.3, -0.25) is 4.79 Å². The topological polar surface area (TPSA) is 77.0 Å². The maximum Gasteiger partial charge on any atom is 0.240 e. The monoisotopic (exact) mass is 399 g/mol. The number of hydrogen-bond donors (Lipinski definition) is 1. The third kappa shape index (κ3) is 4.17. The zero-order chi connectivity index (χ0) is 20.1. The van der Waals surface area contributed by atoms with Crippen LogP contribution in [0.5, 0.6) is 0 Å². The number of halogens is 1. The number of thioether (sulfide) groups is 1. The highest BCUT2D eigenvalue weighted by Crippen LogP contribution is 2.36. The molecule has 0 saturated carbocycles. The molecule has 0 aliphatic carbocycles. The lowest BCUT2D eigenvalue weighted by Gasteiger charge is -2.24. The molecule has 0 aliphatic heterocycles. The van der Waals surface area contributed by atoms with Crippen molar-refractivity contribution in [1.82, 2.24) is 19.8 Å². The molecule has 2 aromatic carbocycles. The number of rotatable bonds is 7. The van der Waals surface area contributed by atoms with E-state index in [0.29, 0.717) is 29.6 Å². The van der Waals surface area contributed by atoms with Crippen LogP contribution in [0.3, 0.4) is 0 Å². The van der Waals surface area contributed by atoms with Gasteiger partial charge in [-0.15, -0.1) is 10.2 Å². The second-order valence-electron chi connectivity index (χ2n) is 6.11. The molecule has 0 saturated heterocycles. The lowest BCUT2D eigenvalue weighted by molar-refractivity contribution is -0.130. The summed E-state index contributed by atoms with van der Waals surface area (Å²) in [4.78, 5) is 14.9. The number of carbonyl (C=O) groups is 1. The van der Waals surface area contributed by atoms with Crippen LogP contribution < -0.4 is 5.84 Å². The average Bonchev–Trinajstić information content (AvgIpc) is 3.08. The van der Waals surface area contributed by atoms with Crippen molar-refractivity contribution in [2.75, 3.05) is 18.9 Å². The van der Waals surface area contributed by atoms with Crippen LogP contribution in [0.4, 0.5) is 4.39 Å². The lowest BCUT2D eigenvalue weighted by Crippen LogP contribution is -2.34. The average molecular weight is 399 g/mol. The molecule has 0 bridgehead atoms. The predicted octanol–water partition coefficient (Wildman–Crippen LogP) is 3.50. The van der Waals surface area contributed by atoms with E-state index in [-0.39, 0.29) is 11.7 Å². The Morgan fingerprint density at radius 3 is 2.50 bits per heavy atom. The van der Waals surface area contributed by atoms with Gasteiger partial charge >= 0.3 is 0 Å². The van der Waals surface area contributed by atoms with Crippen molar-refractivity contribution in [3.63, 3.8) is 0 Å². The maximum absolute atomic E-state index is 13.5. The van der Waals surface area contributed by atoms with Crippen LogP contribution in [0.25, 0.3) is 11.4 Å². The van der Waals surface area contributed by atoms with E-state index in [1.54, 1.807) is 17.0 Å². The molecule has 0 unspecified atom stereocenters. The van der Waals surface area contributed by atoms with Gasteiger partial charge in [0, 0.05) is 18.7 Å². The van der Waals surface area contributed by atoms with Crippen LogP contribution in [0.15, 0.2) is 59.8 Å². The van der Waals surface area contributed by atoms with Crippen molar-refractivity contribution < 1.29 is 9.18 Å². The molecule has 146 valence electrons. The second-order valence-corrected chi connectivity index (χ2v) is 7.18. The summed E-state index contributed by atoms with van der Waals surface area (Å²) in [5.41, 5.74) is 1.38. The van der Waals surface area contributed by atoms with Crippen LogP contribution in [0, 0.1) is 5.82 Å². The number of nitrogens with zero attached hydrogens (tertiary/aromatic N) is 4. The number of likely N-dealkylation sites (N-methyl/N-ethyl adjacent to an activating group) is 1. The molecule has 6 nitrogen and oxygen atoms in total. The Morgan fingerprint density at radius 2 is 1.86 bits per heavy atom. The quantitative estimate of drug-likeness (QED) is 0.486. The Hall–Kier alpha value is -2.87. The fraction of sp³-hybridized carbons (Fsp3) is 0.250. The molecular weight excluding hydrogens is 377 g/mol. The molecule has 1 amide bonds. The van der Waals surface area contributed by atoms with Crippen LogP contribution >= 0.6 is 11.8 Å². The number of carbonyl (C=O) groups excluding carboxylic acids is 1. The zero-order valence-corrected chi connectivity index (χ0v) is 16.6. The first kappa shape index (κ1) is 19.9. The fourth-order valence-corrected chi connectivity index (χ4v) is 3.92. The van der Waals surface area contributed by atoms with Gasteiger partial charge in [0.1, 0.15) is 11.1 Å². The summed E-state index contributed by atoms with van der Waals surface area (Å²) in [5.74, 6) is 6.12. The normalized spacial score (nSPS) is 12.0. The molecule has 3 rings (SSSR count). The number of aromatic nitrogens is 3. The molecule has 2 N–H and O–H groups in total. The van der Waals surface area contributed by atoms with Gasteiger partial charge in [0.2, 0.25) is 11.1 Å². The summed E-state index contributed by atoms with van der Waals surface area (Å²) in [6.45, 7) is 5.12. The van der Waals surface area contributed by atoms with Crippen LogP contribution in [0.1, 0.15) is 24.7 Å². The maximum atomic E-state index is 13.5. The lowest BCUT2D eigenvalue weighted by atomic mass is 10.1. The molecule has 0 spiro atoms. The number of benzene rings is 2. The van der Waals surface area contributed by atoms with E-state index in [0.717, 1.165) is 5.56 Å². The first-order valence-electron chi connectivity index (χ1n) is 9.02. The summed E-state index contributed by atoms with van der Waals surface area (Å²) >= 11 is 1.23. The molecule has 0 aliphatic rings. The Bertz CT molecular complexity index is 943. The van der Waals surface area contributed by atoms with Crippen molar-refractivity contribution >= 4 is 17.7 Å². The third-order valence-electron chi connectivity index (χ3n) is 4.37. The van der Waals surface area contributed by atoms with Gasteiger partial charge in [0.05, 0.1) is 0 Å². The van der Waals surface area contributed by atoms with Gasteiger partial charge in [-0.1, -0.05) is 54.2 Å². The van der Waals surface area contributed by atoms with Crippen molar-refractivity contribution in [3.05, 3.63) is 66.0 Å². The van der Waals surface area contributed by atoms with Crippen LogP contribution in [0.2, 0.25) is 0 Å². The minimum atomic E-state index is -0.507. The molecule has 3 aromatic rings. The van der Waals surface area contributed by atoms with Crippen molar-refractivity contribution in [1.29, 1.82) is 0 Å². The molecule has 8 heteroatoms. The van der Waals surface area contributed by atoms with E-state index in [4.69, 9.17) is 5.84 Å². The highest BCUT2D eigenvalue weighted by Gasteiger charge is 2.28. The molecular formula is C20H22FN5OS. The summed E-state index contributed by atoms with van der Waals surface area (Å²) in [6, 6.07) is 15.5. The molecule has 28 heavy (non-hydrogen) atoms. The minimum Gasteiger partial charge on any atom is -0.342 e. The fourth-order valence-electron chi connectivity index (χ4n) is 2.88. The van der Waals surface area contributed by atoms with Crippen molar-refractivity contribution in [3.8, 4) is 11.4 Å². The predicted molar refractivity (Wildman–Crippen MR) is 109 cm³/mol. The number of nitrogen functional groups attached to an aromatic ring is 1. The highest BCUT2D eigenvalue weighted by atomic mass is 32.2. The number of amides is 1. The summed E-state index contributed by atoms with van der Waals surface area (Å²) in [5, 5.41) is 8.11. The van der Waals surface area contributed by atoms with E-state index < -0.39 is 5.25 Å². The molecule has 0 radical (unpaired) electrons. The van der Waals surface area contributed by atoms with Crippen LogP contribution in [-0.4, -0.2) is 38.8 Å². The Kier molecular flexibility index (Phi) is 6.30. The minimum absolute atomic E-state index is 0.0171. The first-order valence-corrected chi connectivity index (χ1v) is 9.89. The van der Waals surface area contributed by atoms with Gasteiger partial charge < -0.3 is 10.7 Å². The smallest absolute Gasteiger partial charge is 0.240 e. The zero-order valence-electron chi connectivity index (χ0n) is 15.7. The Balaban J connectivity index is 1.94. The summed E-state index contributed by atoms with van der Waals surface area (Å²) in [7, 11) is 0. The van der Waals surface area contributed by atoms with Crippen LogP contribution in [-0.2, 0) is 4.79 Å². The standard InChI is InChI=1S/C20H22FN5OS/c1-3-25(4-2)19(27)17(14-9-6-5-7-10-14)28-20-24-23-18(26(20)22)15-11-8-12-16(21)13-15/h5-13,17H,3-4,22H2,1-2H3/t17-/m0/s1. The van der Waals surface area contributed by atoms with E-state index in [9.17, 15) is 9.18 Å². The highest BCUT2D eigenvalue weighted by molar-refractivity contribution is 8.00. The third-order valence-corrected chi connectivity index (χ3v) is 5.57. The van der Waals surface area contributed by atoms with E-state index in [2.05, 4.69) is 10.2 Å². The van der Waals surface area contributed by atoms with Gasteiger partial charge in [-0.2, -0.15) is 0 Å². The Labute approximate surface area is 167 Å². The van der Waals surface area contributed by atoms with Gasteiger partial charge in [0.15, 0.2) is 5.82 Å². The number of hydrogen-bond acceptors (Lipinski definition) is 5.